The van der Waals surface area contributed by atoms with Crippen molar-refractivity contribution in [1.29, 1.82) is 0 Å². The molecule has 1 aliphatic heterocycles. The number of anilines is 1. The molecule has 1 atom stereocenters. The van der Waals surface area contributed by atoms with Gasteiger partial charge in [-0.1, -0.05) is 11.3 Å². The molecule has 1 fully saturated rings. The molecule has 3 amide bonds. The Balaban J connectivity index is 0.000000278. The van der Waals surface area contributed by atoms with E-state index in [1.165, 1.54) is 0 Å². The van der Waals surface area contributed by atoms with Crippen LogP contribution in [-0.4, -0.2) is 48.2 Å². The number of aromatic nitrogens is 1. The molecule has 1 aromatic heterocycles. The summed E-state index contributed by atoms with van der Waals surface area (Å²) in [5.41, 5.74) is 10.6. The molecule has 29 heavy (non-hydrogen) atoms. The van der Waals surface area contributed by atoms with Gasteiger partial charge in [-0.05, 0) is 43.7 Å². The van der Waals surface area contributed by atoms with Gasteiger partial charge in [0.2, 0.25) is 5.91 Å². The molecule has 1 saturated heterocycles. The monoisotopic (exact) mass is 421 g/mol. The second kappa shape index (κ2) is 10.4. The van der Waals surface area contributed by atoms with Crippen molar-refractivity contribution in [3.8, 4) is 16.3 Å². The molecule has 0 saturated carbocycles. The van der Waals surface area contributed by atoms with Gasteiger partial charge in [0.05, 0.1) is 13.0 Å². The minimum absolute atomic E-state index is 0.0822. The van der Waals surface area contributed by atoms with Crippen LogP contribution in [0.3, 0.4) is 0 Å². The first-order valence-electron chi connectivity index (χ1n) is 8.76. The molecule has 0 radical (unpaired) electrons. The van der Waals surface area contributed by atoms with Gasteiger partial charge in [0, 0.05) is 12.1 Å². The molecule has 2 aromatic rings. The van der Waals surface area contributed by atoms with Gasteiger partial charge in [0.25, 0.3) is 0 Å². The highest BCUT2D eigenvalue weighted by molar-refractivity contribution is 7.19. The molecule has 156 valence electrons. The summed E-state index contributed by atoms with van der Waals surface area (Å²) in [6.07, 6.45) is 2.04. The fourth-order valence-corrected chi connectivity index (χ4v) is 3.58. The molecule has 1 aromatic carbocycles. The zero-order valence-corrected chi connectivity index (χ0v) is 16.6. The summed E-state index contributed by atoms with van der Waals surface area (Å²) in [6, 6.07) is 6.13. The summed E-state index contributed by atoms with van der Waals surface area (Å²) in [5.74, 6) is -0.634. The van der Waals surface area contributed by atoms with Gasteiger partial charge in [0.15, 0.2) is 5.69 Å². The van der Waals surface area contributed by atoms with Crippen LogP contribution in [0.1, 0.15) is 23.3 Å². The minimum Gasteiger partial charge on any atom is -0.497 e. The summed E-state index contributed by atoms with van der Waals surface area (Å²) < 4.78 is 5.04. The number of primary amides is 2. The van der Waals surface area contributed by atoms with Crippen molar-refractivity contribution in [2.75, 3.05) is 25.5 Å². The van der Waals surface area contributed by atoms with Crippen molar-refractivity contribution >= 4 is 34.2 Å². The zero-order valence-electron chi connectivity index (χ0n) is 15.8. The van der Waals surface area contributed by atoms with Crippen LogP contribution in [-0.2, 0) is 4.79 Å². The van der Waals surface area contributed by atoms with Crippen molar-refractivity contribution in [2.45, 2.75) is 12.8 Å². The lowest BCUT2D eigenvalue weighted by Crippen LogP contribution is -2.37. The van der Waals surface area contributed by atoms with Crippen LogP contribution in [0.25, 0.3) is 10.6 Å². The van der Waals surface area contributed by atoms with Gasteiger partial charge >= 0.3 is 12.0 Å². The molecule has 10 nitrogen and oxygen atoms in total. The van der Waals surface area contributed by atoms with E-state index in [1.807, 2.05) is 0 Å². The maximum absolute atomic E-state index is 11.1. The van der Waals surface area contributed by atoms with Crippen LogP contribution in [0.15, 0.2) is 24.3 Å². The number of ether oxygens (including phenoxy) is 1. The maximum Gasteiger partial charge on any atom is 0.357 e. The van der Waals surface area contributed by atoms with E-state index in [1.54, 1.807) is 31.4 Å². The Morgan fingerprint density at radius 2 is 1.97 bits per heavy atom. The smallest absolute Gasteiger partial charge is 0.357 e. The predicted molar refractivity (Wildman–Crippen MR) is 109 cm³/mol. The van der Waals surface area contributed by atoms with Gasteiger partial charge in [-0.15, -0.1) is 0 Å². The standard InChI is InChI=1S/C12H11N3O4S.C6H12N2O/c1-19-7-4-2-6(3-5-7)9-14-8(11(16)17)10(20-9)15-12(13)18;7-6(9)5-2-1-3-8-4-5/h2-5H,1H3,(H,16,17)(H3,13,15,18);5,8H,1-4H2,(H2,7,9)/t;5-/m.0/s1. The summed E-state index contributed by atoms with van der Waals surface area (Å²) >= 11 is 1.04. The predicted octanol–water partition coefficient (Wildman–Crippen LogP) is 1.48. The number of nitrogens with two attached hydrogens (primary N) is 2. The molecule has 0 spiro atoms. The van der Waals surface area contributed by atoms with E-state index in [0.717, 1.165) is 42.8 Å². The Morgan fingerprint density at radius 1 is 1.28 bits per heavy atom. The number of carboxylic acids is 1. The van der Waals surface area contributed by atoms with Crippen molar-refractivity contribution in [2.24, 2.45) is 17.4 Å². The van der Waals surface area contributed by atoms with E-state index < -0.39 is 12.0 Å². The van der Waals surface area contributed by atoms with Crippen LogP contribution >= 0.6 is 11.3 Å². The fourth-order valence-electron chi connectivity index (χ4n) is 2.61. The van der Waals surface area contributed by atoms with Crippen LogP contribution in [0, 0.1) is 5.92 Å². The first-order valence-corrected chi connectivity index (χ1v) is 9.58. The highest BCUT2D eigenvalue weighted by Crippen LogP contribution is 2.32. The summed E-state index contributed by atoms with van der Waals surface area (Å²) in [7, 11) is 1.55. The lowest BCUT2D eigenvalue weighted by Gasteiger charge is -2.18. The lowest BCUT2D eigenvalue weighted by molar-refractivity contribution is -0.122. The quantitative estimate of drug-likeness (QED) is 0.487. The van der Waals surface area contributed by atoms with E-state index in [2.05, 4.69) is 15.6 Å². The number of thiazole rings is 1. The van der Waals surface area contributed by atoms with Gasteiger partial charge in [0.1, 0.15) is 15.8 Å². The van der Waals surface area contributed by atoms with Crippen LogP contribution < -0.4 is 26.8 Å². The third kappa shape index (κ3) is 6.43. The van der Waals surface area contributed by atoms with Crippen molar-refractivity contribution < 1.29 is 24.2 Å². The average molecular weight is 421 g/mol. The number of carbonyl (C=O) groups is 3. The topological polar surface area (TPSA) is 170 Å². The van der Waals surface area contributed by atoms with E-state index in [-0.39, 0.29) is 22.5 Å². The zero-order chi connectivity index (χ0) is 21.4. The number of carbonyl (C=O) groups excluding carboxylic acids is 2. The first kappa shape index (κ1) is 22.1. The SMILES string of the molecule is COc1ccc(-c2nc(C(=O)O)c(NC(N)=O)s2)cc1.NC(=O)[C@H]1CCCNC1. The molecule has 1 aliphatic rings. The van der Waals surface area contributed by atoms with Crippen molar-refractivity contribution in [3.05, 3.63) is 30.0 Å². The van der Waals surface area contributed by atoms with Crippen molar-refractivity contribution in [3.63, 3.8) is 0 Å². The van der Waals surface area contributed by atoms with E-state index >= 15 is 0 Å². The second-order valence-electron chi connectivity index (χ2n) is 6.17. The largest absolute Gasteiger partial charge is 0.497 e. The third-order valence-electron chi connectivity index (χ3n) is 4.10. The number of benzene rings is 1. The number of aromatic carboxylic acids is 1. The molecular weight excluding hydrogens is 398 g/mol. The third-order valence-corrected chi connectivity index (χ3v) is 5.12. The van der Waals surface area contributed by atoms with Gasteiger partial charge < -0.3 is 26.6 Å². The number of amides is 3. The van der Waals surface area contributed by atoms with Gasteiger partial charge in [-0.2, -0.15) is 0 Å². The molecule has 7 N–H and O–H groups in total. The summed E-state index contributed by atoms with van der Waals surface area (Å²) in [6.45, 7) is 1.80. The van der Waals surface area contributed by atoms with E-state index in [0.29, 0.717) is 10.8 Å². The minimum atomic E-state index is -1.23. The number of nitrogens with one attached hydrogen (secondary N) is 2. The summed E-state index contributed by atoms with van der Waals surface area (Å²) in [5, 5.41) is 15.0. The average Bonchev–Trinajstić information content (AvgIpc) is 3.12. The van der Waals surface area contributed by atoms with E-state index in [4.69, 9.17) is 21.3 Å². The summed E-state index contributed by atoms with van der Waals surface area (Å²) in [4.78, 5) is 36.5. The Bertz CT molecular complexity index is 862. The fraction of sp³-hybridized carbons (Fsp3) is 0.333. The molecule has 0 bridgehead atoms. The molecule has 0 aliphatic carbocycles. The van der Waals surface area contributed by atoms with Gasteiger partial charge in [-0.3, -0.25) is 10.1 Å². The number of rotatable bonds is 5. The van der Waals surface area contributed by atoms with Crippen LogP contribution in [0.4, 0.5) is 9.80 Å². The first-order chi connectivity index (χ1) is 13.8. The Labute approximate surface area is 171 Å². The number of piperidine rings is 1. The number of methoxy groups -OCH3 is 1. The van der Waals surface area contributed by atoms with Crippen LogP contribution in [0.2, 0.25) is 0 Å². The van der Waals surface area contributed by atoms with E-state index in [9.17, 15) is 14.4 Å². The highest BCUT2D eigenvalue weighted by Gasteiger charge is 2.19. The molecule has 0 unspecified atom stereocenters. The normalized spacial score (nSPS) is 15.6. The lowest BCUT2D eigenvalue weighted by atomic mass is 9.99. The van der Waals surface area contributed by atoms with Crippen molar-refractivity contribution in [1.82, 2.24) is 10.3 Å². The molecular formula is C18H23N5O5S. The number of hydrogen-bond donors (Lipinski definition) is 5. The Hall–Kier alpha value is -3.18. The number of nitrogens with zero attached hydrogens (tertiary/aromatic N) is 1. The highest BCUT2D eigenvalue weighted by atomic mass is 32.1. The molecule has 3 rings (SSSR count). The molecule has 2 heterocycles. The maximum atomic E-state index is 11.1. The molecule has 11 heteroatoms. The second-order valence-corrected chi connectivity index (χ2v) is 7.16. The number of urea groups is 1. The van der Waals surface area contributed by atoms with Crippen LogP contribution in [0.5, 0.6) is 5.75 Å². The number of hydrogen-bond acceptors (Lipinski definition) is 7. The Morgan fingerprint density at radius 3 is 2.41 bits per heavy atom. The number of carboxylic acid groups (broad SMARTS) is 1. The van der Waals surface area contributed by atoms with Gasteiger partial charge in [-0.25, -0.2) is 14.6 Å². The Kier molecular flexibility index (Phi) is 7.92.